The van der Waals surface area contributed by atoms with Crippen LogP contribution in [0.5, 0.6) is 0 Å². The fraction of sp³-hybridized carbons (Fsp3) is 0.143. The zero-order chi connectivity index (χ0) is 16.2. The molecule has 3 aromatic rings. The largest absolute Gasteiger partial charge is 0.326 e. The molecule has 2 N–H and O–H groups in total. The molecule has 3 rings (SSSR count). The SMILES string of the molecule is C=CCCc1ccc2c(F)c(-c3ccc(CN)cc3)ccc2c1. The Bertz CT molecular complexity index is 834. The quantitative estimate of drug-likeness (QED) is 0.642. The van der Waals surface area contributed by atoms with Gasteiger partial charge < -0.3 is 5.73 Å². The van der Waals surface area contributed by atoms with E-state index in [1.54, 1.807) is 0 Å². The minimum atomic E-state index is -0.168. The van der Waals surface area contributed by atoms with Crippen LogP contribution >= 0.6 is 0 Å². The average Bonchev–Trinajstić information content (AvgIpc) is 2.60. The van der Waals surface area contributed by atoms with E-state index in [2.05, 4.69) is 12.6 Å². The number of allylic oxidation sites excluding steroid dienone is 1. The number of aryl methyl sites for hydroxylation is 1. The Labute approximate surface area is 136 Å². The molecule has 116 valence electrons. The van der Waals surface area contributed by atoms with Gasteiger partial charge in [-0.05, 0) is 34.9 Å². The summed E-state index contributed by atoms with van der Waals surface area (Å²) in [6.45, 7) is 4.24. The van der Waals surface area contributed by atoms with E-state index in [0.29, 0.717) is 17.5 Å². The van der Waals surface area contributed by atoms with E-state index in [1.165, 1.54) is 5.56 Å². The summed E-state index contributed by atoms with van der Waals surface area (Å²) in [5, 5.41) is 1.60. The van der Waals surface area contributed by atoms with E-state index in [1.807, 2.05) is 54.6 Å². The van der Waals surface area contributed by atoms with Gasteiger partial charge in [0.05, 0.1) is 0 Å². The molecule has 0 spiro atoms. The number of nitrogens with two attached hydrogens (primary N) is 1. The van der Waals surface area contributed by atoms with Crippen LogP contribution in [0.25, 0.3) is 21.9 Å². The van der Waals surface area contributed by atoms with Crippen LogP contribution in [0.1, 0.15) is 17.5 Å². The van der Waals surface area contributed by atoms with Crippen molar-refractivity contribution < 1.29 is 4.39 Å². The van der Waals surface area contributed by atoms with Gasteiger partial charge in [-0.25, -0.2) is 4.39 Å². The molecule has 0 aliphatic rings. The molecule has 1 nitrogen and oxygen atoms in total. The Kier molecular flexibility index (Phi) is 4.54. The zero-order valence-electron chi connectivity index (χ0n) is 13.1. The average molecular weight is 305 g/mol. The van der Waals surface area contributed by atoms with Crippen molar-refractivity contribution in [1.82, 2.24) is 0 Å². The van der Waals surface area contributed by atoms with Gasteiger partial charge in [-0.15, -0.1) is 6.58 Å². The highest BCUT2D eigenvalue weighted by atomic mass is 19.1. The minimum absolute atomic E-state index is 0.168. The summed E-state index contributed by atoms with van der Waals surface area (Å²) in [5.74, 6) is -0.168. The molecule has 0 radical (unpaired) electrons. The molecule has 0 fully saturated rings. The maximum atomic E-state index is 14.9. The van der Waals surface area contributed by atoms with Gasteiger partial charge in [0, 0.05) is 17.5 Å². The molecule has 0 aliphatic carbocycles. The van der Waals surface area contributed by atoms with E-state index >= 15 is 0 Å². The number of halogens is 1. The van der Waals surface area contributed by atoms with Gasteiger partial charge in [-0.1, -0.05) is 60.7 Å². The highest BCUT2D eigenvalue weighted by Crippen LogP contribution is 2.30. The summed E-state index contributed by atoms with van der Waals surface area (Å²) in [5.41, 5.74) is 9.36. The normalized spacial score (nSPS) is 10.9. The number of hydrogen-bond acceptors (Lipinski definition) is 1. The molecule has 0 saturated heterocycles. The summed E-state index contributed by atoms with van der Waals surface area (Å²) in [4.78, 5) is 0. The maximum Gasteiger partial charge on any atom is 0.138 e. The maximum absolute atomic E-state index is 14.9. The molecule has 23 heavy (non-hydrogen) atoms. The number of hydrogen-bond donors (Lipinski definition) is 1. The third-order valence-corrected chi connectivity index (χ3v) is 4.16. The Balaban J connectivity index is 2.02. The van der Waals surface area contributed by atoms with Gasteiger partial charge in [-0.3, -0.25) is 0 Å². The van der Waals surface area contributed by atoms with Crippen molar-refractivity contribution in [2.75, 3.05) is 0 Å². The van der Waals surface area contributed by atoms with E-state index in [4.69, 9.17) is 5.73 Å². The van der Waals surface area contributed by atoms with E-state index in [9.17, 15) is 4.39 Å². The van der Waals surface area contributed by atoms with Gasteiger partial charge in [0.15, 0.2) is 0 Å². The zero-order valence-corrected chi connectivity index (χ0v) is 13.1. The smallest absolute Gasteiger partial charge is 0.138 e. The molecular formula is C21H20FN. The Morgan fingerprint density at radius 2 is 1.70 bits per heavy atom. The number of rotatable bonds is 5. The van der Waals surface area contributed by atoms with Gasteiger partial charge in [-0.2, -0.15) is 0 Å². The van der Waals surface area contributed by atoms with Crippen LogP contribution in [0, 0.1) is 5.82 Å². The standard InChI is InChI=1S/C21H20FN/c1-2-3-4-15-7-11-20-18(13-15)10-12-19(21(20)22)17-8-5-16(14-23)6-9-17/h2,5-13H,1,3-4,14,23H2. The van der Waals surface area contributed by atoms with Crippen LogP contribution in [0.2, 0.25) is 0 Å². The second-order valence-electron chi connectivity index (χ2n) is 5.71. The second-order valence-corrected chi connectivity index (χ2v) is 5.71. The molecule has 0 aliphatic heterocycles. The minimum Gasteiger partial charge on any atom is -0.326 e. The van der Waals surface area contributed by atoms with Crippen LogP contribution < -0.4 is 5.73 Å². The van der Waals surface area contributed by atoms with Crippen LogP contribution in [-0.4, -0.2) is 0 Å². The lowest BCUT2D eigenvalue weighted by Gasteiger charge is -2.09. The van der Waals surface area contributed by atoms with Crippen molar-refractivity contribution in [1.29, 1.82) is 0 Å². The van der Waals surface area contributed by atoms with Crippen molar-refractivity contribution in [3.8, 4) is 11.1 Å². The first-order valence-corrected chi connectivity index (χ1v) is 7.84. The molecule has 0 unspecified atom stereocenters. The van der Waals surface area contributed by atoms with Crippen molar-refractivity contribution in [2.45, 2.75) is 19.4 Å². The van der Waals surface area contributed by atoms with Gasteiger partial charge in [0.1, 0.15) is 5.82 Å². The fourth-order valence-corrected chi connectivity index (χ4v) is 2.81. The fourth-order valence-electron chi connectivity index (χ4n) is 2.81. The molecule has 0 atom stereocenters. The summed E-state index contributed by atoms with van der Waals surface area (Å²) >= 11 is 0. The summed E-state index contributed by atoms with van der Waals surface area (Å²) in [6, 6.07) is 17.5. The highest BCUT2D eigenvalue weighted by Gasteiger charge is 2.10. The van der Waals surface area contributed by atoms with Gasteiger partial charge in [0.25, 0.3) is 0 Å². The van der Waals surface area contributed by atoms with Crippen molar-refractivity contribution in [3.63, 3.8) is 0 Å². The molecule has 2 heteroatoms. The highest BCUT2D eigenvalue weighted by molar-refractivity contribution is 5.88. The summed E-state index contributed by atoms with van der Waals surface area (Å²) in [7, 11) is 0. The second kappa shape index (κ2) is 6.76. The molecule has 0 heterocycles. The van der Waals surface area contributed by atoms with Crippen molar-refractivity contribution >= 4 is 10.8 Å². The van der Waals surface area contributed by atoms with Crippen LogP contribution in [-0.2, 0) is 13.0 Å². The third-order valence-electron chi connectivity index (χ3n) is 4.16. The van der Waals surface area contributed by atoms with Crippen molar-refractivity contribution in [2.24, 2.45) is 5.73 Å². The first-order chi connectivity index (χ1) is 11.2. The summed E-state index contributed by atoms with van der Waals surface area (Å²) in [6.07, 6.45) is 3.77. The predicted octanol–water partition coefficient (Wildman–Crippen LogP) is 5.22. The molecule has 0 amide bonds. The van der Waals surface area contributed by atoms with Crippen LogP contribution in [0.3, 0.4) is 0 Å². The molecular weight excluding hydrogens is 285 g/mol. The van der Waals surface area contributed by atoms with Crippen LogP contribution in [0.4, 0.5) is 4.39 Å². The molecule has 3 aromatic carbocycles. The monoisotopic (exact) mass is 305 g/mol. The van der Waals surface area contributed by atoms with E-state index in [0.717, 1.165) is 29.4 Å². The first kappa shape index (κ1) is 15.4. The number of fused-ring (bicyclic) bond motifs is 1. The topological polar surface area (TPSA) is 26.0 Å². The predicted molar refractivity (Wildman–Crippen MR) is 95.8 cm³/mol. The van der Waals surface area contributed by atoms with Gasteiger partial charge in [0.2, 0.25) is 0 Å². The molecule has 0 saturated carbocycles. The Morgan fingerprint density at radius 3 is 2.39 bits per heavy atom. The lowest BCUT2D eigenvalue weighted by molar-refractivity contribution is 0.643. The van der Waals surface area contributed by atoms with Crippen LogP contribution in [0.15, 0.2) is 67.3 Å². The van der Waals surface area contributed by atoms with E-state index < -0.39 is 0 Å². The lowest BCUT2D eigenvalue weighted by Crippen LogP contribution is -1.95. The van der Waals surface area contributed by atoms with Crippen molar-refractivity contribution in [3.05, 3.63) is 84.2 Å². The summed E-state index contributed by atoms with van der Waals surface area (Å²) < 4.78 is 14.9. The Morgan fingerprint density at radius 1 is 0.957 bits per heavy atom. The molecule has 0 aromatic heterocycles. The first-order valence-electron chi connectivity index (χ1n) is 7.84. The van der Waals surface area contributed by atoms with E-state index in [-0.39, 0.29) is 5.82 Å². The van der Waals surface area contributed by atoms with Gasteiger partial charge >= 0.3 is 0 Å². The third kappa shape index (κ3) is 3.17. The molecule has 0 bridgehead atoms. The number of benzene rings is 3. The lowest BCUT2D eigenvalue weighted by atomic mass is 9.97. The Hall–Kier alpha value is -2.45.